The Hall–Kier alpha value is -2.42. The minimum Gasteiger partial charge on any atom is -0.508 e. The third-order valence-corrected chi connectivity index (χ3v) is 4.93. The molecule has 0 saturated heterocycles. The van der Waals surface area contributed by atoms with E-state index in [0.717, 1.165) is 17.8 Å². The Kier molecular flexibility index (Phi) is 2.73. The van der Waals surface area contributed by atoms with Crippen molar-refractivity contribution in [1.29, 1.82) is 0 Å². The van der Waals surface area contributed by atoms with E-state index in [0.29, 0.717) is 5.75 Å². The zero-order valence-electron chi connectivity index (χ0n) is 13.1. The van der Waals surface area contributed by atoms with Gasteiger partial charge in [-0.1, -0.05) is 0 Å². The average Bonchev–Trinajstić information content (AvgIpc) is 2.91. The molecule has 0 bridgehead atoms. The number of hydrogen-bond donors (Lipinski definition) is 2. The number of benzene rings is 1. The predicted molar refractivity (Wildman–Crippen MR) is 90.4 cm³/mol. The van der Waals surface area contributed by atoms with Gasteiger partial charge in [0.05, 0.1) is 6.04 Å². The van der Waals surface area contributed by atoms with Crippen molar-refractivity contribution in [3.63, 3.8) is 0 Å². The van der Waals surface area contributed by atoms with Gasteiger partial charge in [-0.3, -0.25) is 0 Å². The summed E-state index contributed by atoms with van der Waals surface area (Å²) in [6.45, 7) is 7.51. The first-order valence-electron chi connectivity index (χ1n) is 7.78. The largest absolute Gasteiger partial charge is 0.508 e. The first-order valence-corrected chi connectivity index (χ1v) is 7.78. The van der Waals surface area contributed by atoms with Crippen molar-refractivity contribution in [3.8, 4) is 5.75 Å². The molecule has 0 fully saturated rings. The van der Waals surface area contributed by atoms with Gasteiger partial charge in [0, 0.05) is 35.8 Å². The van der Waals surface area contributed by atoms with Crippen molar-refractivity contribution in [1.82, 2.24) is 4.90 Å². The standard InChI is InChI=1S/C19H20N2O/c1-4-21-8-7-14-12(3)19-18(11(2)16(14)10-21)15-9-13(22)5-6-17(15)20-19/h5-10,19-20,22H,4H2,1-3H3. The van der Waals surface area contributed by atoms with Crippen LogP contribution in [0.4, 0.5) is 5.69 Å². The number of allylic oxidation sites excluding steroid dienone is 4. The quantitative estimate of drug-likeness (QED) is 0.767. The van der Waals surface area contributed by atoms with Crippen molar-refractivity contribution in [3.05, 3.63) is 64.5 Å². The highest BCUT2D eigenvalue weighted by Crippen LogP contribution is 2.48. The lowest BCUT2D eigenvalue weighted by Gasteiger charge is -2.31. The van der Waals surface area contributed by atoms with Crippen LogP contribution < -0.4 is 5.32 Å². The Morgan fingerprint density at radius 2 is 2.09 bits per heavy atom. The summed E-state index contributed by atoms with van der Waals surface area (Å²) in [4.78, 5) is 2.21. The summed E-state index contributed by atoms with van der Waals surface area (Å²) in [5.74, 6) is 0.321. The lowest BCUT2D eigenvalue weighted by molar-refractivity contribution is 0.475. The lowest BCUT2D eigenvalue weighted by Crippen LogP contribution is -2.25. The molecule has 22 heavy (non-hydrogen) atoms. The van der Waals surface area contributed by atoms with Crippen LogP contribution in [-0.2, 0) is 0 Å². The molecule has 3 aliphatic rings. The van der Waals surface area contributed by atoms with E-state index < -0.39 is 0 Å². The maximum absolute atomic E-state index is 9.85. The smallest absolute Gasteiger partial charge is 0.116 e. The molecule has 2 N–H and O–H groups in total. The molecular formula is C19H20N2O. The molecule has 1 aliphatic carbocycles. The summed E-state index contributed by atoms with van der Waals surface area (Å²) in [7, 11) is 0. The Bertz CT molecular complexity index is 796. The van der Waals surface area contributed by atoms with Gasteiger partial charge in [0.1, 0.15) is 5.75 Å². The Morgan fingerprint density at radius 1 is 1.27 bits per heavy atom. The van der Waals surface area contributed by atoms with E-state index in [-0.39, 0.29) is 6.04 Å². The first kappa shape index (κ1) is 13.3. The number of phenolic OH excluding ortho intramolecular Hbond substituents is 1. The number of nitrogens with one attached hydrogen (secondary N) is 1. The highest BCUT2D eigenvalue weighted by molar-refractivity contribution is 5.95. The monoisotopic (exact) mass is 292 g/mol. The van der Waals surface area contributed by atoms with Crippen LogP contribution >= 0.6 is 0 Å². The summed E-state index contributed by atoms with van der Waals surface area (Å²) in [6.07, 6.45) is 6.60. The molecule has 1 atom stereocenters. The molecule has 2 heterocycles. The van der Waals surface area contributed by atoms with Crippen molar-refractivity contribution in [2.75, 3.05) is 11.9 Å². The van der Waals surface area contributed by atoms with E-state index in [2.05, 4.69) is 49.5 Å². The molecule has 1 aromatic carbocycles. The van der Waals surface area contributed by atoms with Gasteiger partial charge in [0.15, 0.2) is 0 Å². The summed E-state index contributed by atoms with van der Waals surface area (Å²) in [5.41, 5.74) is 8.78. The van der Waals surface area contributed by atoms with Gasteiger partial charge in [-0.05, 0) is 67.3 Å². The van der Waals surface area contributed by atoms with Crippen molar-refractivity contribution in [2.24, 2.45) is 0 Å². The molecule has 0 spiro atoms. The van der Waals surface area contributed by atoms with Crippen molar-refractivity contribution >= 4 is 11.3 Å². The summed E-state index contributed by atoms with van der Waals surface area (Å²) in [6, 6.07) is 5.79. The number of nitrogens with zero attached hydrogens (tertiary/aromatic N) is 1. The SMILES string of the molecule is CCN1C=CC2=C(C)C3Nc4ccc(O)cc4C3=C(C)C2=C1. The van der Waals surface area contributed by atoms with Gasteiger partial charge >= 0.3 is 0 Å². The lowest BCUT2D eigenvalue weighted by atomic mass is 9.79. The van der Waals surface area contributed by atoms with Crippen LogP contribution in [0.1, 0.15) is 26.3 Å². The van der Waals surface area contributed by atoms with E-state index in [4.69, 9.17) is 0 Å². The number of hydrogen-bond acceptors (Lipinski definition) is 3. The molecule has 0 saturated carbocycles. The summed E-state index contributed by atoms with van der Waals surface area (Å²) < 4.78 is 0. The Balaban J connectivity index is 1.93. The fourth-order valence-electron chi connectivity index (χ4n) is 3.69. The van der Waals surface area contributed by atoms with E-state index >= 15 is 0 Å². The number of anilines is 1. The van der Waals surface area contributed by atoms with E-state index in [9.17, 15) is 5.11 Å². The minimum absolute atomic E-state index is 0.210. The number of rotatable bonds is 1. The van der Waals surface area contributed by atoms with Crippen LogP contribution in [0.2, 0.25) is 0 Å². The highest BCUT2D eigenvalue weighted by atomic mass is 16.3. The van der Waals surface area contributed by atoms with E-state index in [1.807, 2.05) is 12.1 Å². The topological polar surface area (TPSA) is 35.5 Å². The number of fused-ring (bicyclic) bond motifs is 4. The van der Waals surface area contributed by atoms with Gasteiger partial charge in [0.25, 0.3) is 0 Å². The minimum atomic E-state index is 0.210. The van der Waals surface area contributed by atoms with Crippen LogP contribution in [0.3, 0.4) is 0 Å². The zero-order valence-corrected chi connectivity index (χ0v) is 13.1. The van der Waals surface area contributed by atoms with Crippen molar-refractivity contribution < 1.29 is 5.11 Å². The number of aromatic hydroxyl groups is 1. The van der Waals surface area contributed by atoms with Gasteiger partial charge in [0.2, 0.25) is 0 Å². The zero-order chi connectivity index (χ0) is 15.4. The first-order chi connectivity index (χ1) is 10.6. The Morgan fingerprint density at radius 3 is 2.86 bits per heavy atom. The van der Waals surface area contributed by atoms with Crippen LogP contribution in [0.15, 0.2) is 59.0 Å². The predicted octanol–water partition coefficient (Wildman–Crippen LogP) is 4.02. The molecule has 4 rings (SSSR count). The molecule has 112 valence electrons. The second-order valence-electron chi connectivity index (χ2n) is 6.13. The maximum atomic E-state index is 9.85. The Labute approximate surface area is 131 Å². The molecular weight excluding hydrogens is 272 g/mol. The maximum Gasteiger partial charge on any atom is 0.116 e. The molecule has 3 nitrogen and oxygen atoms in total. The third kappa shape index (κ3) is 1.68. The summed E-state index contributed by atoms with van der Waals surface area (Å²) >= 11 is 0. The second-order valence-corrected chi connectivity index (χ2v) is 6.13. The van der Waals surface area contributed by atoms with Crippen LogP contribution in [0, 0.1) is 0 Å². The fraction of sp³-hybridized carbons (Fsp3) is 0.263. The number of phenols is 1. The van der Waals surface area contributed by atoms with E-state index in [1.165, 1.54) is 27.9 Å². The average molecular weight is 292 g/mol. The molecule has 1 aromatic rings. The van der Waals surface area contributed by atoms with Crippen LogP contribution in [0.25, 0.3) is 5.57 Å². The van der Waals surface area contributed by atoms with E-state index in [1.54, 1.807) is 6.07 Å². The fourth-order valence-corrected chi connectivity index (χ4v) is 3.69. The van der Waals surface area contributed by atoms with Crippen LogP contribution in [0.5, 0.6) is 5.75 Å². The van der Waals surface area contributed by atoms with Gasteiger partial charge in [-0.25, -0.2) is 0 Å². The molecule has 0 radical (unpaired) electrons. The van der Waals surface area contributed by atoms with Gasteiger partial charge in [-0.2, -0.15) is 0 Å². The molecule has 1 unspecified atom stereocenters. The molecule has 0 aromatic heterocycles. The molecule has 0 amide bonds. The summed E-state index contributed by atoms with van der Waals surface area (Å²) in [5, 5.41) is 13.5. The van der Waals surface area contributed by atoms with Crippen LogP contribution in [-0.4, -0.2) is 22.6 Å². The highest BCUT2D eigenvalue weighted by Gasteiger charge is 2.35. The van der Waals surface area contributed by atoms with Crippen molar-refractivity contribution in [2.45, 2.75) is 26.8 Å². The third-order valence-electron chi connectivity index (χ3n) is 4.93. The van der Waals surface area contributed by atoms with Gasteiger partial charge < -0.3 is 15.3 Å². The normalized spacial score (nSPS) is 22.2. The van der Waals surface area contributed by atoms with Gasteiger partial charge in [-0.15, -0.1) is 0 Å². The second kappa shape index (κ2) is 4.54. The molecule has 2 aliphatic heterocycles. The molecule has 3 heteroatoms.